The maximum atomic E-state index is 12.1. The first-order chi connectivity index (χ1) is 14.3. The van der Waals surface area contributed by atoms with Gasteiger partial charge in [0.1, 0.15) is 0 Å². The van der Waals surface area contributed by atoms with Crippen LogP contribution in [0.1, 0.15) is 102 Å². The minimum atomic E-state index is -0.396. The van der Waals surface area contributed by atoms with Gasteiger partial charge in [-0.2, -0.15) is 0 Å². The fraction of sp³-hybridized carbons (Fsp3) is 0.577. The highest BCUT2D eigenvalue weighted by Gasteiger charge is 2.26. The van der Waals surface area contributed by atoms with Crippen molar-refractivity contribution in [1.29, 1.82) is 0 Å². The first-order valence-electron chi connectivity index (χ1n) is 11.4. The quantitative estimate of drug-likeness (QED) is 0.235. The topological polar surface area (TPSA) is 52.1 Å². The van der Waals surface area contributed by atoms with Crippen LogP contribution in [0.3, 0.4) is 0 Å². The lowest BCUT2D eigenvalue weighted by Gasteiger charge is -2.32. The highest BCUT2D eigenvalue weighted by Crippen LogP contribution is 2.40. The Hall–Kier alpha value is -2.23. The second-order valence-corrected chi connectivity index (χ2v) is 9.03. The van der Waals surface area contributed by atoms with E-state index in [4.69, 9.17) is 4.74 Å². The second kappa shape index (κ2) is 11.8. The Kier molecular flexibility index (Phi) is 9.48. The van der Waals surface area contributed by atoms with Crippen molar-refractivity contribution < 1.29 is 9.53 Å². The van der Waals surface area contributed by atoms with Crippen molar-refractivity contribution in [2.45, 2.75) is 86.0 Å². The molecule has 0 bridgehead atoms. The molecule has 0 aromatic carbocycles. The summed E-state index contributed by atoms with van der Waals surface area (Å²) in [7, 11) is 0. The van der Waals surface area contributed by atoms with Gasteiger partial charge in [-0.3, -0.25) is 4.98 Å². The molecule has 0 spiro atoms. The van der Waals surface area contributed by atoms with Gasteiger partial charge in [0.15, 0.2) is 5.69 Å². The molecule has 0 saturated carbocycles. The van der Waals surface area contributed by atoms with E-state index < -0.39 is 5.97 Å². The molecule has 1 aromatic heterocycles. The maximum Gasteiger partial charge on any atom is 0.358 e. The van der Waals surface area contributed by atoms with Crippen molar-refractivity contribution in [3.8, 4) is 0 Å². The molecule has 164 valence electrons. The monoisotopic (exact) mass is 410 g/mol. The third-order valence-corrected chi connectivity index (χ3v) is 5.79. The first kappa shape index (κ1) is 24.0. The van der Waals surface area contributed by atoms with Crippen LogP contribution in [-0.4, -0.2) is 22.5 Å². The van der Waals surface area contributed by atoms with Crippen molar-refractivity contribution >= 4 is 12.0 Å². The molecule has 1 heterocycles. The average molecular weight is 411 g/mol. The van der Waals surface area contributed by atoms with Crippen LogP contribution in [0.4, 0.5) is 0 Å². The fourth-order valence-electron chi connectivity index (χ4n) is 3.97. The van der Waals surface area contributed by atoms with E-state index in [-0.39, 0.29) is 11.1 Å². The molecular formula is C26H38N2O2. The van der Waals surface area contributed by atoms with E-state index in [0.29, 0.717) is 6.61 Å². The number of allylic oxidation sites excluding steroid dienone is 5. The number of hydrogen-bond donors (Lipinski definition) is 0. The zero-order valence-corrected chi connectivity index (χ0v) is 19.5. The van der Waals surface area contributed by atoms with Crippen LogP contribution in [0.2, 0.25) is 0 Å². The number of nitrogens with zero attached hydrogens (tertiary/aromatic N) is 2. The van der Waals surface area contributed by atoms with Crippen molar-refractivity contribution in [3.05, 3.63) is 52.7 Å². The normalized spacial score (nSPS) is 16.9. The number of unbranched alkanes of at least 4 members (excludes halogenated alkanes) is 4. The summed E-state index contributed by atoms with van der Waals surface area (Å²) in [5.74, 6) is -0.396. The molecule has 0 fully saturated rings. The summed E-state index contributed by atoms with van der Waals surface area (Å²) >= 11 is 0. The smallest absolute Gasteiger partial charge is 0.358 e. The van der Waals surface area contributed by atoms with Crippen LogP contribution in [0.25, 0.3) is 6.08 Å². The lowest BCUT2D eigenvalue weighted by Crippen LogP contribution is -2.19. The van der Waals surface area contributed by atoms with Crippen LogP contribution < -0.4 is 0 Å². The third-order valence-electron chi connectivity index (χ3n) is 5.79. The number of carbonyl (C=O) groups is 1. The van der Waals surface area contributed by atoms with Gasteiger partial charge >= 0.3 is 5.97 Å². The van der Waals surface area contributed by atoms with Crippen molar-refractivity contribution in [2.24, 2.45) is 5.41 Å². The molecule has 2 rings (SSSR count). The molecule has 0 saturated heterocycles. The standard InChI is InChI=1S/C26H38N2O2/c1-6-7-8-9-10-16-30-25(29)24-19-27-22(18-28-24)17-20(2)13-14-23-21(3)12-11-15-26(23,4)5/h13-14,17-19H,6-12,15-16H2,1-5H3/b14-13?,20-17+. The summed E-state index contributed by atoms with van der Waals surface area (Å²) in [6.07, 6.45) is 18.8. The number of hydrogen-bond acceptors (Lipinski definition) is 4. The van der Waals surface area contributed by atoms with E-state index in [0.717, 1.165) is 24.1 Å². The summed E-state index contributed by atoms with van der Waals surface area (Å²) in [5.41, 5.74) is 5.27. The zero-order chi connectivity index (χ0) is 22.0. The summed E-state index contributed by atoms with van der Waals surface area (Å²) < 4.78 is 5.29. The van der Waals surface area contributed by atoms with Gasteiger partial charge in [-0.25, -0.2) is 9.78 Å². The predicted molar refractivity (Wildman–Crippen MR) is 124 cm³/mol. The molecular weight excluding hydrogens is 372 g/mol. The lowest BCUT2D eigenvalue weighted by atomic mass is 9.72. The van der Waals surface area contributed by atoms with Gasteiger partial charge in [0, 0.05) is 0 Å². The minimum Gasteiger partial charge on any atom is -0.461 e. The molecule has 4 heteroatoms. The van der Waals surface area contributed by atoms with E-state index >= 15 is 0 Å². The molecule has 0 unspecified atom stereocenters. The van der Waals surface area contributed by atoms with E-state index in [2.05, 4.69) is 56.7 Å². The van der Waals surface area contributed by atoms with E-state index in [1.54, 1.807) is 6.20 Å². The number of esters is 1. The Balaban J connectivity index is 1.91. The molecule has 0 atom stereocenters. The summed E-state index contributed by atoms with van der Waals surface area (Å²) in [5, 5.41) is 0. The highest BCUT2D eigenvalue weighted by molar-refractivity contribution is 5.86. The van der Waals surface area contributed by atoms with Gasteiger partial charge in [0.05, 0.1) is 24.7 Å². The number of carbonyl (C=O) groups excluding carboxylic acids is 1. The molecule has 1 aromatic rings. The van der Waals surface area contributed by atoms with Gasteiger partial charge < -0.3 is 4.74 Å². The summed E-state index contributed by atoms with van der Waals surface area (Å²) in [6.45, 7) is 11.6. The Morgan fingerprint density at radius 2 is 1.93 bits per heavy atom. The Morgan fingerprint density at radius 3 is 2.60 bits per heavy atom. The fourth-order valence-corrected chi connectivity index (χ4v) is 3.97. The van der Waals surface area contributed by atoms with Crippen LogP contribution >= 0.6 is 0 Å². The zero-order valence-electron chi connectivity index (χ0n) is 19.5. The molecule has 4 nitrogen and oxygen atoms in total. The second-order valence-electron chi connectivity index (χ2n) is 9.03. The Labute approximate surface area is 182 Å². The van der Waals surface area contributed by atoms with Crippen LogP contribution in [-0.2, 0) is 4.74 Å². The van der Waals surface area contributed by atoms with Gasteiger partial charge in [-0.15, -0.1) is 0 Å². The molecule has 30 heavy (non-hydrogen) atoms. The third kappa shape index (κ3) is 7.55. The lowest BCUT2D eigenvalue weighted by molar-refractivity contribution is 0.0490. The molecule has 0 aliphatic heterocycles. The summed E-state index contributed by atoms with van der Waals surface area (Å²) in [4.78, 5) is 20.7. The van der Waals surface area contributed by atoms with E-state index in [9.17, 15) is 4.79 Å². The largest absolute Gasteiger partial charge is 0.461 e. The van der Waals surface area contributed by atoms with Crippen molar-refractivity contribution in [2.75, 3.05) is 6.61 Å². The molecule has 1 aliphatic carbocycles. The van der Waals surface area contributed by atoms with Gasteiger partial charge in [-0.1, -0.05) is 64.2 Å². The van der Waals surface area contributed by atoms with Gasteiger partial charge in [0.25, 0.3) is 0 Å². The highest BCUT2D eigenvalue weighted by atomic mass is 16.5. The van der Waals surface area contributed by atoms with Gasteiger partial charge in [-0.05, 0) is 62.2 Å². The molecule has 0 amide bonds. The van der Waals surface area contributed by atoms with Crippen LogP contribution in [0.15, 0.2) is 41.3 Å². The Bertz CT molecular complexity index is 786. The summed E-state index contributed by atoms with van der Waals surface area (Å²) in [6, 6.07) is 0. The Morgan fingerprint density at radius 1 is 1.17 bits per heavy atom. The average Bonchev–Trinajstić information content (AvgIpc) is 2.70. The molecule has 0 radical (unpaired) electrons. The van der Waals surface area contributed by atoms with E-state index in [1.807, 2.05) is 6.08 Å². The molecule has 1 aliphatic rings. The minimum absolute atomic E-state index is 0.233. The predicted octanol–water partition coefficient (Wildman–Crippen LogP) is 7.09. The van der Waals surface area contributed by atoms with Crippen LogP contribution in [0.5, 0.6) is 0 Å². The number of aromatic nitrogens is 2. The van der Waals surface area contributed by atoms with Crippen molar-refractivity contribution in [3.63, 3.8) is 0 Å². The number of ether oxygens (including phenoxy) is 1. The molecule has 0 N–H and O–H groups in total. The number of rotatable bonds is 10. The SMILES string of the molecule is CCCCCCCOC(=O)c1cnc(/C=C(\C)C=CC2=C(C)CCCC2(C)C)cn1. The van der Waals surface area contributed by atoms with Gasteiger partial charge in [0.2, 0.25) is 0 Å². The van der Waals surface area contributed by atoms with Crippen LogP contribution in [0, 0.1) is 5.41 Å². The van der Waals surface area contributed by atoms with E-state index in [1.165, 1.54) is 55.9 Å². The first-order valence-corrected chi connectivity index (χ1v) is 11.4. The maximum absolute atomic E-state index is 12.1. The van der Waals surface area contributed by atoms with Crippen molar-refractivity contribution in [1.82, 2.24) is 9.97 Å².